The minimum absolute atomic E-state index is 0.140. The van der Waals surface area contributed by atoms with Crippen molar-refractivity contribution in [2.45, 2.75) is 90.1 Å². The Bertz CT molecular complexity index is 661. The van der Waals surface area contributed by atoms with Gasteiger partial charge in [0.25, 0.3) is 0 Å². The molecule has 1 heterocycles. The summed E-state index contributed by atoms with van der Waals surface area (Å²) in [4.78, 5) is 0. The third kappa shape index (κ3) is 4.99. The lowest BCUT2D eigenvalue weighted by atomic mass is 9.68. The van der Waals surface area contributed by atoms with E-state index in [0.29, 0.717) is 6.61 Å². The van der Waals surface area contributed by atoms with Crippen LogP contribution in [0.25, 0.3) is 0 Å². The Labute approximate surface area is 174 Å². The predicted octanol–water partition coefficient (Wildman–Crippen LogP) is 6.37. The summed E-state index contributed by atoms with van der Waals surface area (Å²) in [7, 11) is -2.18. The average Bonchev–Trinajstić information content (AvgIpc) is 2.78. The first kappa shape index (κ1) is 23.4. The summed E-state index contributed by atoms with van der Waals surface area (Å²) in [5.41, 5.74) is 1.49. The number of benzene rings is 1. The van der Waals surface area contributed by atoms with Crippen molar-refractivity contribution in [3.63, 3.8) is 0 Å². The van der Waals surface area contributed by atoms with Crippen molar-refractivity contribution in [3.8, 4) is 0 Å². The molecule has 0 saturated carbocycles. The Morgan fingerprint density at radius 1 is 1.07 bits per heavy atom. The standard InChI is InChI=1S/C23H39BO3Si/c1-18(24-26-22(5,6)23(7,8)27-24)20(19-14-12-11-13-15-19)16-17-25-28(9,10)21(2,3)4/h11-15,20H,1,16-17H2,2-10H3/t20-/m1/s1. The van der Waals surface area contributed by atoms with Gasteiger partial charge in [-0.2, -0.15) is 0 Å². The zero-order valence-corrected chi connectivity index (χ0v) is 20.4. The molecule has 1 aliphatic heterocycles. The van der Waals surface area contributed by atoms with Crippen molar-refractivity contribution in [1.29, 1.82) is 0 Å². The van der Waals surface area contributed by atoms with Gasteiger partial charge in [0, 0.05) is 12.5 Å². The highest BCUT2D eigenvalue weighted by Gasteiger charge is 2.53. The Balaban J connectivity index is 2.17. The van der Waals surface area contributed by atoms with E-state index in [1.54, 1.807) is 0 Å². The van der Waals surface area contributed by atoms with E-state index in [9.17, 15) is 0 Å². The van der Waals surface area contributed by atoms with Crippen LogP contribution in [0.5, 0.6) is 0 Å². The van der Waals surface area contributed by atoms with E-state index in [1.807, 2.05) is 6.07 Å². The van der Waals surface area contributed by atoms with Gasteiger partial charge in [-0.3, -0.25) is 0 Å². The van der Waals surface area contributed by atoms with Crippen LogP contribution in [0.3, 0.4) is 0 Å². The average molecular weight is 402 g/mol. The molecule has 0 aromatic heterocycles. The first-order chi connectivity index (χ1) is 12.7. The third-order valence-corrected chi connectivity index (χ3v) is 11.4. The summed E-state index contributed by atoms with van der Waals surface area (Å²) in [6.07, 6.45) is 0.874. The van der Waals surface area contributed by atoms with Gasteiger partial charge in [0.1, 0.15) is 0 Å². The molecular formula is C23H39BO3Si. The van der Waals surface area contributed by atoms with Crippen LogP contribution in [-0.4, -0.2) is 33.2 Å². The van der Waals surface area contributed by atoms with Crippen LogP contribution in [0, 0.1) is 0 Å². The first-order valence-electron chi connectivity index (χ1n) is 10.4. The van der Waals surface area contributed by atoms with Gasteiger partial charge in [-0.1, -0.05) is 51.1 Å². The molecule has 28 heavy (non-hydrogen) atoms. The van der Waals surface area contributed by atoms with Crippen molar-refractivity contribution in [2.75, 3.05) is 6.61 Å². The SMILES string of the molecule is C=C(B1OC(C)(C)C(C)(C)O1)[C@@H](CCO[Si](C)(C)C(C)(C)C)c1ccccc1. The van der Waals surface area contributed by atoms with Gasteiger partial charge < -0.3 is 13.7 Å². The molecule has 156 valence electrons. The molecule has 3 nitrogen and oxygen atoms in total. The van der Waals surface area contributed by atoms with Crippen molar-refractivity contribution >= 4 is 15.4 Å². The predicted molar refractivity (Wildman–Crippen MR) is 122 cm³/mol. The summed E-state index contributed by atoms with van der Waals surface area (Å²) in [6.45, 7) is 24.9. The Morgan fingerprint density at radius 2 is 1.57 bits per heavy atom. The highest BCUT2D eigenvalue weighted by Crippen LogP contribution is 2.42. The molecule has 1 fully saturated rings. The molecular weight excluding hydrogens is 363 g/mol. The van der Waals surface area contributed by atoms with Crippen molar-refractivity contribution < 1.29 is 13.7 Å². The van der Waals surface area contributed by atoms with Crippen LogP contribution in [-0.2, 0) is 13.7 Å². The van der Waals surface area contributed by atoms with Crippen LogP contribution in [0.1, 0.15) is 66.4 Å². The summed E-state index contributed by atoms with van der Waals surface area (Å²) >= 11 is 0. The van der Waals surface area contributed by atoms with E-state index in [4.69, 9.17) is 13.7 Å². The number of hydrogen-bond acceptors (Lipinski definition) is 3. The lowest BCUT2D eigenvalue weighted by Crippen LogP contribution is -2.41. The molecule has 1 saturated heterocycles. The molecule has 0 spiro atoms. The van der Waals surface area contributed by atoms with Crippen LogP contribution < -0.4 is 0 Å². The van der Waals surface area contributed by atoms with Crippen LogP contribution in [0.2, 0.25) is 18.1 Å². The van der Waals surface area contributed by atoms with Gasteiger partial charge in [0.15, 0.2) is 8.32 Å². The normalized spacial score (nSPS) is 20.2. The van der Waals surface area contributed by atoms with Crippen molar-refractivity contribution in [3.05, 3.63) is 47.9 Å². The fourth-order valence-corrected chi connectivity index (χ4v) is 4.12. The first-order valence-corrected chi connectivity index (χ1v) is 13.3. The van der Waals surface area contributed by atoms with Gasteiger partial charge in [0.05, 0.1) is 11.2 Å². The van der Waals surface area contributed by atoms with Crippen LogP contribution >= 0.6 is 0 Å². The molecule has 5 heteroatoms. The van der Waals surface area contributed by atoms with Crippen molar-refractivity contribution in [1.82, 2.24) is 0 Å². The second kappa shape index (κ2) is 8.10. The molecule has 0 amide bonds. The summed E-state index contributed by atoms with van der Waals surface area (Å²) < 4.78 is 19.0. The van der Waals surface area contributed by atoms with E-state index in [2.05, 4.69) is 92.4 Å². The van der Waals surface area contributed by atoms with Gasteiger partial charge in [0.2, 0.25) is 0 Å². The zero-order chi connectivity index (χ0) is 21.4. The van der Waals surface area contributed by atoms with E-state index >= 15 is 0 Å². The van der Waals surface area contributed by atoms with E-state index in [-0.39, 0.29) is 22.2 Å². The summed E-state index contributed by atoms with van der Waals surface area (Å²) in [5, 5.41) is 0.206. The topological polar surface area (TPSA) is 27.7 Å². The fourth-order valence-electron chi connectivity index (χ4n) is 3.06. The summed E-state index contributed by atoms with van der Waals surface area (Å²) in [6, 6.07) is 10.5. The van der Waals surface area contributed by atoms with Gasteiger partial charge in [-0.25, -0.2) is 0 Å². The van der Waals surface area contributed by atoms with E-state index < -0.39 is 15.4 Å². The van der Waals surface area contributed by atoms with Crippen molar-refractivity contribution in [2.24, 2.45) is 0 Å². The minimum atomic E-state index is -1.78. The maximum Gasteiger partial charge on any atom is 0.490 e. The second-order valence-corrected chi connectivity index (χ2v) is 15.3. The monoisotopic (exact) mass is 402 g/mol. The third-order valence-electron chi connectivity index (χ3n) is 6.88. The lowest BCUT2D eigenvalue weighted by molar-refractivity contribution is 0.00578. The quantitative estimate of drug-likeness (QED) is 0.496. The molecule has 0 unspecified atom stereocenters. The number of hydrogen-bond donors (Lipinski definition) is 0. The van der Waals surface area contributed by atoms with Gasteiger partial charge in [-0.05, 0) is 63.3 Å². The highest BCUT2D eigenvalue weighted by atomic mass is 28.4. The van der Waals surface area contributed by atoms with Gasteiger partial charge in [-0.15, -0.1) is 6.58 Å². The maximum absolute atomic E-state index is 6.46. The largest absolute Gasteiger partial charge is 0.490 e. The Kier molecular flexibility index (Phi) is 6.77. The second-order valence-electron chi connectivity index (χ2n) is 10.5. The molecule has 1 aromatic rings. The number of allylic oxidation sites excluding steroid dienone is 1. The minimum Gasteiger partial charge on any atom is -0.417 e. The number of rotatable bonds is 7. The van der Waals surface area contributed by atoms with Gasteiger partial charge >= 0.3 is 7.12 Å². The molecule has 0 N–H and O–H groups in total. The molecule has 0 aliphatic carbocycles. The molecule has 1 aliphatic rings. The lowest BCUT2D eigenvalue weighted by Gasteiger charge is -2.36. The van der Waals surface area contributed by atoms with Crippen LogP contribution in [0.4, 0.5) is 0 Å². The molecule has 2 rings (SSSR count). The smallest absolute Gasteiger partial charge is 0.417 e. The molecule has 0 radical (unpaired) electrons. The van der Waals surface area contributed by atoms with E-state index in [0.717, 1.165) is 11.9 Å². The fraction of sp³-hybridized carbons (Fsp3) is 0.652. The Hall–Kier alpha value is -0.878. The Morgan fingerprint density at radius 3 is 2.04 bits per heavy atom. The maximum atomic E-state index is 6.46. The molecule has 1 atom stereocenters. The van der Waals surface area contributed by atoms with E-state index in [1.165, 1.54) is 5.56 Å². The van der Waals surface area contributed by atoms with Crippen LogP contribution in [0.15, 0.2) is 42.4 Å². The highest BCUT2D eigenvalue weighted by molar-refractivity contribution is 6.74. The zero-order valence-electron chi connectivity index (χ0n) is 19.4. The molecule has 0 bridgehead atoms. The molecule has 1 aromatic carbocycles. The summed E-state index contributed by atoms with van der Waals surface area (Å²) in [5.74, 6) is 0.140.